The van der Waals surface area contributed by atoms with E-state index in [1.165, 1.54) is 18.5 Å². The molecule has 5 nitrogen and oxygen atoms in total. The van der Waals surface area contributed by atoms with Crippen LogP contribution in [0, 0.1) is 5.92 Å². The number of nitrogens with one attached hydrogen (secondary N) is 1. The first kappa shape index (κ1) is 14.9. The van der Waals surface area contributed by atoms with E-state index in [9.17, 15) is 0 Å². The molecule has 0 amide bonds. The fourth-order valence-electron chi connectivity index (χ4n) is 3.94. The van der Waals surface area contributed by atoms with E-state index in [0.717, 1.165) is 31.7 Å². The van der Waals surface area contributed by atoms with Crippen molar-refractivity contribution < 1.29 is 9.47 Å². The van der Waals surface area contributed by atoms with Gasteiger partial charge in [-0.1, -0.05) is 13.8 Å². The van der Waals surface area contributed by atoms with Crippen LogP contribution < -0.4 is 10.1 Å². The van der Waals surface area contributed by atoms with Crippen LogP contribution in [0.25, 0.3) is 0 Å². The Balaban J connectivity index is 1.91. The Bertz CT molecular complexity index is 474. The first-order valence-corrected chi connectivity index (χ1v) is 8.27. The zero-order chi connectivity index (χ0) is 14.8. The van der Waals surface area contributed by atoms with Crippen molar-refractivity contribution in [2.75, 3.05) is 13.7 Å². The van der Waals surface area contributed by atoms with Crippen LogP contribution >= 0.6 is 0 Å². The second kappa shape index (κ2) is 6.36. The average molecular weight is 293 g/mol. The van der Waals surface area contributed by atoms with Crippen LogP contribution in [-0.4, -0.2) is 35.6 Å². The minimum atomic E-state index is 0.272. The van der Waals surface area contributed by atoms with Crippen LogP contribution in [0.15, 0.2) is 6.20 Å². The van der Waals surface area contributed by atoms with Crippen molar-refractivity contribution in [3.63, 3.8) is 0 Å². The van der Waals surface area contributed by atoms with Gasteiger partial charge in [0.2, 0.25) is 0 Å². The van der Waals surface area contributed by atoms with Crippen LogP contribution in [0.1, 0.15) is 51.3 Å². The number of aromatic nitrogens is 2. The summed E-state index contributed by atoms with van der Waals surface area (Å²) in [6.07, 6.45) is 7.37. The number of hydrogen-bond acceptors (Lipinski definition) is 4. The van der Waals surface area contributed by atoms with Gasteiger partial charge in [0.25, 0.3) is 0 Å². The maximum absolute atomic E-state index is 6.07. The van der Waals surface area contributed by atoms with Gasteiger partial charge in [-0.15, -0.1) is 0 Å². The molecule has 0 saturated carbocycles. The van der Waals surface area contributed by atoms with Gasteiger partial charge < -0.3 is 14.8 Å². The SMILES string of the molecule is CCCn1ncc(OC)c1C(NCC)C1CC2CCC1O2. The predicted molar refractivity (Wildman–Crippen MR) is 81.5 cm³/mol. The first-order valence-electron chi connectivity index (χ1n) is 8.27. The number of aryl methyl sites for hydroxylation is 1. The Kier molecular flexibility index (Phi) is 4.50. The van der Waals surface area contributed by atoms with E-state index in [1.807, 2.05) is 6.20 Å². The summed E-state index contributed by atoms with van der Waals surface area (Å²) in [5.74, 6) is 1.43. The van der Waals surface area contributed by atoms with E-state index >= 15 is 0 Å². The van der Waals surface area contributed by atoms with Crippen LogP contribution in [0.2, 0.25) is 0 Å². The molecule has 0 aliphatic carbocycles. The largest absolute Gasteiger partial charge is 0.493 e. The van der Waals surface area contributed by atoms with Gasteiger partial charge in [-0.05, 0) is 32.2 Å². The molecule has 21 heavy (non-hydrogen) atoms. The third-order valence-electron chi connectivity index (χ3n) is 4.80. The van der Waals surface area contributed by atoms with Gasteiger partial charge in [0, 0.05) is 12.5 Å². The summed E-state index contributed by atoms with van der Waals surface area (Å²) < 4.78 is 13.8. The van der Waals surface area contributed by atoms with Crippen LogP contribution in [0.3, 0.4) is 0 Å². The van der Waals surface area contributed by atoms with E-state index in [4.69, 9.17) is 9.47 Å². The molecule has 1 N–H and O–H groups in total. The van der Waals surface area contributed by atoms with Crippen molar-refractivity contribution in [2.24, 2.45) is 5.92 Å². The highest BCUT2D eigenvalue weighted by atomic mass is 16.5. The maximum Gasteiger partial charge on any atom is 0.161 e. The minimum Gasteiger partial charge on any atom is -0.493 e. The average Bonchev–Trinajstić information content (AvgIpc) is 3.20. The molecule has 0 aromatic carbocycles. The highest BCUT2D eigenvalue weighted by Gasteiger charge is 2.46. The fraction of sp³-hybridized carbons (Fsp3) is 0.812. The monoisotopic (exact) mass is 293 g/mol. The van der Waals surface area contributed by atoms with Crippen LogP contribution in [0.4, 0.5) is 0 Å². The Morgan fingerprint density at radius 2 is 2.33 bits per heavy atom. The molecule has 2 saturated heterocycles. The highest BCUT2D eigenvalue weighted by molar-refractivity contribution is 5.29. The van der Waals surface area contributed by atoms with Crippen molar-refractivity contribution in [1.82, 2.24) is 15.1 Å². The summed E-state index contributed by atoms with van der Waals surface area (Å²) in [4.78, 5) is 0. The molecule has 2 bridgehead atoms. The Morgan fingerprint density at radius 1 is 1.48 bits per heavy atom. The molecule has 2 aliphatic rings. The summed E-state index contributed by atoms with van der Waals surface area (Å²) in [6.45, 7) is 6.22. The quantitative estimate of drug-likeness (QED) is 0.839. The molecule has 118 valence electrons. The molecule has 5 heteroatoms. The number of ether oxygens (including phenoxy) is 2. The van der Waals surface area contributed by atoms with E-state index < -0.39 is 0 Å². The molecule has 4 atom stereocenters. The zero-order valence-electron chi connectivity index (χ0n) is 13.3. The third kappa shape index (κ3) is 2.69. The van der Waals surface area contributed by atoms with Gasteiger partial charge in [-0.2, -0.15) is 5.10 Å². The molecular formula is C16H27N3O2. The minimum absolute atomic E-state index is 0.272. The molecule has 3 rings (SSSR count). The standard InChI is InChI=1S/C16H27N3O2/c1-4-8-19-16(14(20-3)10-18-19)15(17-5-2)12-9-11-6-7-13(12)21-11/h10-13,15,17H,4-9H2,1-3H3. The topological polar surface area (TPSA) is 48.3 Å². The van der Waals surface area contributed by atoms with Gasteiger partial charge in [-0.25, -0.2) is 0 Å². The molecule has 4 unspecified atom stereocenters. The third-order valence-corrected chi connectivity index (χ3v) is 4.80. The Hall–Kier alpha value is -1.07. The van der Waals surface area contributed by atoms with Gasteiger partial charge in [0.15, 0.2) is 5.75 Å². The summed E-state index contributed by atoms with van der Waals surface area (Å²) in [5, 5.41) is 8.19. The molecule has 1 aromatic rings. The van der Waals surface area contributed by atoms with Gasteiger partial charge in [-0.3, -0.25) is 4.68 Å². The van der Waals surface area contributed by atoms with E-state index in [1.54, 1.807) is 7.11 Å². The number of nitrogens with zero attached hydrogens (tertiary/aromatic N) is 2. The van der Waals surface area contributed by atoms with Crippen molar-refractivity contribution in [3.05, 3.63) is 11.9 Å². The van der Waals surface area contributed by atoms with Crippen LogP contribution in [-0.2, 0) is 11.3 Å². The van der Waals surface area contributed by atoms with Crippen molar-refractivity contribution in [1.29, 1.82) is 0 Å². The van der Waals surface area contributed by atoms with Gasteiger partial charge >= 0.3 is 0 Å². The summed E-state index contributed by atoms with van der Waals surface area (Å²) >= 11 is 0. The number of methoxy groups -OCH3 is 1. The smallest absolute Gasteiger partial charge is 0.161 e. The van der Waals surface area contributed by atoms with Crippen molar-refractivity contribution >= 4 is 0 Å². The molecule has 0 radical (unpaired) electrons. The van der Waals surface area contributed by atoms with E-state index in [0.29, 0.717) is 18.1 Å². The summed E-state index contributed by atoms with van der Waals surface area (Å²) in [6, 6.07) is 0.272. The molecule has 2 fully saturated rings. The van der Waals surface area contributed by atoms with Gasteiger partial charge in [0.1, 0.15) is 0 Å². The van der Waals surface area contributed by atoms with Crippen LogP contribution in [0.5, 0.6) is 5.75 Å². The summed E-state index contributed by atoms with van der Waals surface area (Å²) in [7, 11) is 1.73. The Morgan fingerprint density at radius 3 is 2.90 bits per heavy atom. The lowest BCUT2D eigenvalue weighted by atomic mass is 9.82. The second-order valence-corrected chi connectivity index (χ2v) is 6.13. The van der Waals surface area contributed by atoms with Gasteiger partial charge in [0.05, 0.1) is 37.3 Å². The lowest BCUT2D eigenvalue weighted by Gasteiger charge is -2.30. The summed E-state index contributed by atoms with van der Waals surface area (Å²) in [5.41, 5.74) is 1.20. The molecule has 3 heterocycles. The number of hydrogen-bond donors (Lipinski definition) is 1. The molecule has 1 aromatic heterocycles. The Labute approximate surface area is 127 Å². The highest BCUT2D eigenvalue weighted by Crippen LogP contribution is 2.46. The fourth-order valence-corrected chi connectivity index (χ4v) is 3.94. The van der Waals surface area contributed by atoms with E-state index in [-0.39, 0.29) is 6.04 Å². The van der Waals surface area contributed by atoms with Crippen molar-refractivity contribution in [2.45, 2.75) is 64.3 Å². The molecular weight excluding hydrogens is 266 g/mol. The molecule has 0 spiro atoms. The lowest BCUT2D eigenvalue weighted by molar-refractivity contribution is 0.0848. The zero-order valence-corrected chi connectivity index (χ0v) is 13.3. The first-order chi connectivity index (χ1) is 10.3. The molecule has 2 aliphatic heterocycles. The lowest BCUT2D eigenvalue weighted by Crippen LogP contribution is -2.35. The van der Waals surface area contributed by atoms with Crippen molar-refractivity contribution in [3.8, 4) is 5.75 Å². The number of fused-ring (bicyclic) bond motifs is 2. The second-order valence-electron chi connectivity index (χ2n) is 6.13. The maximum atomic E-state index is 6.07. The predicted octanol–water partition coefficient (Wildman–Crippen LogP) is 2.52. The normalized spacial score (nSPS) is 29.0. The van der Waals surface area contributed by atoms with E-state index in [2.05, 4.69) is 28.9 Å². The number of rotatable bonds is 7.